The molecule has 0 radical (unpaired) electrons. The van der Waals surface area contributed by atoms with Crippen molar-refractivity contribution in [1.29, 1.82) is 0 Å². The molecule has 0 aliphatic rings. The summed E-state index contributed by atoms with van der Waals surface area (Å²) >= 11 is 0. The lowest BCUT2D eigenvalue weighted by Gasteiger charge is -2.23. The summed E-state index contributed by atoms with van der Waals surface area (Å²) in [6.45, 7) is 10.9. The van der Waals surface area contributed by atoms with Gasteiger partial charge in [-0.1, -0.05) is 18.2 Å². The number of ether oxygens (including phenoxy) is 1. The molecule has 0 aliphatic carbocycles. The van der Waals surface area contributed by atoms with Crippen LogP contribution in [0.2, 0.25) is 0 Å². The number of benzene rings is 1. The molecule has 1 unspecified atom stereocenters. The normalized spacial score (nSPS) is 13.9. The molecule has 16 heavy (non-hydrogen) atoms. The summed E-state index contributed by atoms with van der Waals surface area (Å²) in [5, 5.41) is 0. The molecule has 90 valence electrons. The fraction of sp³-hybridized carbons (Fsp3) is 0.571. The van der Waals surface area contributed by atoms with Gasteiger partial charge >= 0.3 is 0 Å². The number of hydrogen-bond acceptors (Lipinski definition) is 2. The predicted octanol–water partition coefficient (Wildman–Crippen LogP) is 3.12. The Labute approximate surface area is 98.8 Å². The van der Waals surface area contributed by atoms with Crippen molar-refractivity contribution in [3.63, 3.8) is 0 Å². The maximum atomic E-state index is 6.10. The maximum absolute atomic E-state index is 6.10. The summed E-state index contributed by atoms with van der Waals surface area (Å²) in [7, 11) is 0. The molecule has 0 amide bonds. The minimum atomic E-state index is -0.128. The smallest absolute Gasteiger partial charge is 0.0666 e. The molecule has 0 spiro atoms. The maximum Gasteiger partial charge on any atom is 0.0666 e. The first-order valence-electron chi connectivity index (χ1n) is 5.76. The second kappa shape index (κ2) is 4.98. The van der Waals surface area contributed by atoms with E-state index in [1.54, 1.807) is 0 Å². The SMILES string of the molecule is Cc1ccc(C(N)COC(C)(C)C)cc1C. The van der Waals surface area contributed by atoms with Crippen LogP contribution in [0.3, 0.4) is 0 Å². The quantitative estimate of drug-likeness (QED) is 0.851. The van der Waals surface area contributed by atoms with Crippen LogP contribution in [0.25, 0.3) is 0 Å². The average molecular weight is 221 g/mol. The standard InChI is InChI=1S/C14H23NO/c1-10-6-7-12(8-11(10)2)13(15)9-16-14(3,4)5/h6-8,13H,9,15H2,1-5H3. The van der Waals surface area contributed by atoms with Crippen LogP contribution < -0.4 is 5.73 Å². The molecule has 0 bridgehead atoms. The van der Waals surface area contributed by atoms with Gasteiger partial charge in [0.05, 0.1) is 18.2 Å². The summed E-state index contributed by atoms with van der Waals surface area (Å²) in [6, 6.07) is 6.30. The van der Waals surface area contributed by atoms with Gasteiger partial charge in [0, 0.05) is 0 Å². The van der Waals surface area contributed by atoms with E-state index in [9.17, 15) is 0 Å². The van der Waals surface area contributed by atoms with E-state index in [1.165, 1.54) is 11.1 Å². The highest BCUT2D eigenvalue weighted by atomic mass is 16.5. The van der Waals surface area contributed by atoms with Crippen molar-refractivity contribution in [2.75, 3.05) is 6.61 Å². The highest BCUT2D eigenvalue weighted by Crippen LogP contribution is 2.17. The molecule has 0 saturated carbocycles. The minimum absolute atomic E-state index is 0.0430. The number of hydrogen-bond donors (Lipinski definition) is 1. The van der Waals surface area contributed by atoms with Crippen molar-refractivity contribution in [3.8, 4) is 0 Å². The Morgan fingerprint density at radius 3 is 2.31 bits per heavy atom. The molecule has 1 rings (SSSR count). The van der Waals surface area contributed by atoms with Crippen LogP contribution in [0.1, 0.15) is 43.5 Å². The third-order valence-corrected chi connectivity index (χ3v) is 2.66. The average Bonchev–Trinajstić information content (AvgIpc) is 2.17. The van der Waals surface area contributed by atoms with Crippen LogP contribution in [-0.4, -0.2) is 12.2 Å². The molecule has 0 heterocycles. The molecule has 2 heteroatoms. The first-order chi connectivity index (χ1) is 7.29. The molecule has 0 aliphatic heterocycles. The van der Waals surface area contributed by atoms with Gasteiger partial charge in [-0.25, -0.2) is 0 Å². The van der Waals surface area contributed by atoms with Crippen molar-refractivity contribution in [2.24, 2.45) is 5.73 Å². The van der Waals surface area contributed by atoms with E-state index in [2.05, 4.69) is 32.0 Å². The Kier molecular flexibility index (Phi) is 4.11. The van der Waals surface area contributed by atoms with Gasteiger partial charge in [0.2, 0.25) is 0 Å². The zero-order valence-corrected chi connectivity index (χ0v) is 11.0. The number of nitrogens with two attached hydrogens (primary N) is 1. The number of rotatable bonds is 3. The zero-order valence-electron chi connectivity index (χ0n) is 11.0. The van der Waals surface area contributed by atoms with Crippen molar-refractivity contribution in [2.45, 2.75) is 46.3 Å². The lowest BCUT2D eigenvalue weighted by Crippen LogP contribution is -2.26. The monoisotopic (exact) mass is 221 g/mol. The molecular formula is C14H23NO. The van der Waals surface area contributed by atoms with Crippen LogP contribution >= 0.6 is 0 Å². The Hall–Kier alpha value is -0.860. The van der Waals surface area contributed by atoms with Crippen LogP contribution in [0.15, 0.2) is 18.2 Å². The molecule has 1 aromatic rings. The molecule has 1 atom stereocenters. The van der Waals surface area contributed by atoms with Gasteiger partial charge in [0.25, 0.3) is 0 Å². The highest BCUT2D eigenvalue weighted by molar-refractivity contribution is 5.31. The van der Waals surface area contributed by atoms with Gasteiger partial charge in [-0.2, -0.15) is 0 Å². The molecule has 0 fully saturated rings. The first-order valence-corrected chi connectivity index (χ1v) is 5.76. The Bertz CT molecular complexity index is 352. The van der Waals surface area contributed by atoms with E-state index in [-0.39, 0.29) is 11.6 Å². The summed E-state index contributed by atoms with van der Waals surface area (Å²) in [4.78, 5) is 0. The molecule has 2 N–H and O–H groups in total. The molecule has 1 aromatic carbocycles. The summed E-state index contributed by atoms with van der Waals surface area (Å²) < 4.78 is 5.69. The zero-order chi connectivity index (χ0) is 12.3. The lowest BCUT2D eigenvalue weighted by atomic mass is 10.0. The van der Waals surface area contributed by atoms with Crippen molar-refractivity contribution < 1.29 is 4.74 Å². The summed E-state index contributed by atoms with van der Waals surface area (Å²) in [5.74, 6) is 0. The Morgan fingerprint density at radius 1 is 1.19 bits per heavy atom. The van der Waals surface area contributed by atoms with E-state index in [0.29, 0.717) is 6.61 Å². The third kappa shape index (κ3) is 3.95. The van der Waals surface area contributed by atoms with E-state index >= 15 is 0 Å². The molecular weight excluding hydrogens is 198 g/mol. The fourth-order valence-electron chi connectivity index (χ4n) is 1.43. The molecule has 0 saturated heterocycles. The van der Waals surface area contributed by atoms with Gasteiger partial charge in [-0.3, -0.25) is 0 Å². The second-order valence-corrected chi connectivity index (χ2v) is 5.37. The van der Waals surface area contributed by atoms with Gasteiger partial charge in [0.15, 0.2) is 0 Å². The highest BCUT2D eigenvalue weighted by Gasteiger charge is 2.14. The van der Waals surface area contributed by atoms with Crippen molar-refractivity contribution in [3.05, 3.63) is 34.9 Å². The number of aryl methyl sites for hydroxylation is 2. The molecule has 2 nitrogen and oxygen atoms in total. The van der Waals surface area contributed by atoms with E-state index in [4.69, 9.17) is 10.5 Å². The van der Waals surface area contributed by atoms with Crippen LogP contribution in [-0.2, 0) is 4.74 Å². The minimum Gasteiger partial charge on any atom is -0.374 e. The largest absolute Gasteiger partial charge is 0.374 e. The van der Waals surface area contributed by atoms with Crippen LogP contribution in [0.4, 0.5) is 0 Å². The van der Waals surface area contributed by atoms with E-state index in [0.717, 1.165) is 5.56 Å². The third-order valence-electron chi connectivity index (χ3n) is 2.66. The van der Waals surface area contributed by atoms with Crippen LogP contribution in [0.5, 0.6) is 0 Å². The van der Waals surface area contributed by atoms with Gasteiger partial charge < -0.3 is 10.5 Å². The molecule has 0 aromatic heterocycles. The van der Waals surface area contributed by atoms with Gasteiger partial charge in [-0.15, -0.1) is 0 Å². The topological polar surface area (TPSA) is 35.2 Å². The first kappa shape index (κ1) is 13.2. The van der Waals surface area contributed by atoms with Crippen LogP contribution in [0, 0.1) is 13.8 Å². The van der Waals surface area contributed by atoms with Gasteiger partial charge in [0.1, 0.15) is 0 Å². The van der Waals surface area contributed by atoms with E-state index < -0.39 is 0 Å². The van der Waals surface area contributed by atoms with E-state index in [1.807, 2.05) is 20.8 Å². The second-order valence-electron chi connectivity index (χ2n) is 5.37. The fourth-order valence-corrected chi connectivity index (χ4v) is 1.43. The van der Waals surface area contributed by atoms with Crippen molar-refractivity contribution in [1.82, 2.24) is 0 Å². The summed E-state index contributed by atoms with van der Waals surface area (Å²) in [6.07, 6.45) is 0. The summed E-state index contributed by atoms with van der Waals surface area (Å²) in [5.41, 5.74) is 9.69. The Balaban J connectivity index is 2.66. The van der Waals surface area contributed by atoms with Gasteiger partial charge in [-0.05, 0) is 51.3 Å². The van der Waals surface area contributed by atoms with Crippen molar-refractivity contribution >= 4 is 0 Å². The lowest BCUT2D eigenvalue weighted by molar-refractivity contribution is -0.0102. The predicted molar refractivity (Wildman–Crippen MR) is 68.5 cm³/mol. The Morgan fingerprint density at radius 2 is 1.81 bits per heavy atom.